The second kappa shape index (κ2) is 5.64. The van der Waals surface area contributed by atoms with Gasteiger partial charge < -0.3 is 0 Å². The lowest BCUT2D eigenvalue weighted by atomic mass is 9.94. The Balaban J connectivity index is 1.98. The van der Waals surface area contributed by atoms with Gasteiger partial charge in [0.15, 0.2) is 0 Å². The van der Waals surface area contributed by atoms with Crippen LogP contribution in [0.25, 0.3) is 43.7 Å². The molecule has 0 N–H and O–H groups in total. The lowest BCUT2D eigenvalue weighted by Crippen LogP contribution is -1.90. The molecular formula is C22H13BrN2. The number of hydrogen-bond acceptors (Lipinski definition) is 2. The summed E-state index contributed by atoms with van der Waals surface area (Å²) in [5, 5.41) is 4.67. The van der Waals surface area contributed by atoms with Gasteiger partial charge in [-0.1, -0.05) is 58.4 Å². The molecule has 3 heteroatoms. The van der Waals surface area contributed by atoms with Gasteiger partial charge in [-0.15, -0.1) is 0 Å². The summed E-state index contributed by atoms with van der Waals surface area (Å²) in [6, 6.07) is 23.2. The van der Waals surface area contributed by atoms with Gasteiger partial charge in [-0.05, 0) is 46.2 Å². The molecule has 0 aliphatic rings. The zero-order valence-electron chi connectivity index (χ0n) is 13.3. The smallest absolute Gasteiger partial charge is 0.0970 e. The van der Waals surface area contributed by atoms with Crippen molar-refractivity contribution < 1.29 is 0 Å². The van der Waals surface area contributed by atoms with Gasteiger partial charge in [0.2, 0.25) is 0 Å². The molecule has 3 aromatic carbocycles. The van der Waals surface area contributed by atoms with Crippen molar-refractivity contribution in [1.29, 1.82) is 0 Å². The van der Waals surface area contributed by atoms with E-state index in [9.17, 15) is 0 Å². The van der Waals surface area contributed by atoms with Gasteiger partial charge in [-0.2, -0.15) is 0 Å². The third kappa shape index (κ3) is 2.24. The number of benzene rings is 3. The third-order valence-electron chi connectivity index (χ3n) is 4.62. The Kier molecular flexibility index (Phi) is 3.28. The van der Waals surface area contributed by atoms with E-state index in [0.29, 0.717) is 0 Å². The van der Waals surface area contributed by atoms with Crippen molar-refractivity contribution in [2.24, 2.45) is 0 Å². The van der Waals surface area contributed by atoms with Crippen molar-refractivity contribution in [3.05, 3.63) is 83.6 Å². The molecule has 0 bridgehead atoms. The minimum Gasteiger partial charge on any atom is -0.254 e. The maximum Gasteiger partial charge on any atom is 0.0970 e. The van der Waals surface area contributed by atoms with E-state index in [1.54, 1.807) is 0 Å². The Bertz CT molecular complexity index is 1260. The van der Waals surface area contributed by atoms with Crippen LogP contribution in [0.2, 0.25) is 0 Å². The van der Waals surface area contributed by atoms with Gasteiger partial charge in [0.25, 0.3) is 0 Å². The largest absolute Gasteiger partial charge is 0.254 e. The summed E-state index contributed by atoms with van der Waals surface area (Å²) in [6.45, 7) is 0. The number of halogens is 1. The van der Waals surface area contributed by atoms with E-state index in [4.69, 9.17) is 0 Å². The molecule has 0 saturated heterocycles. The molecule has 25 heavy (non-hydrogen) atoms. The monoisotopic (exact) mass is 384 g/mol. The molecule has 0 fully saturated rings. The first-order chi connectivity index (χ1) is 12.3. The molecule has 0 amide bonds. The number of fused-ring (bicyclic) bond motifs is 4. The highest BCUT2D eigenvalue weighted by Crippen LogP contribution is 2.38. The fourth-order valence-corrected chi connectivity index (χ4v) is 3.97. The van der Waals surface area contributed by atoms with Crippen LogP contribution in [-0.4, -0.2) is 9.97 Å². The Morgan fingerprint density at radius 2 is 1.32 bits per heavy atom. The Hall–Kier alpha value is -2.78. The van der Waals surface area contributed by atoms with Gasteiger partial charge in [0.1, 0.15) is 0 Å². The quantitative estimate of drug-likeness (QED) is 0.314. The molecule has 2 aromatic heterocycles. The lowest BCUT2D eigenvalue weighted by Gasteiger charge is -2.13. The molecule has 0 radical (unpaired) electrons. The van der Waals surface area contributed by atoms with Crippen molar-refractivity contribution in [3.63, 3.8) is 0 Å². The Morgan fingerprint density at radius 1 is 0.600 bits per heavy atom. The molecule has 118 valence electrons. The Labute approximate surface area is 153 Å². The van der Waals surface area contributed by atoms with Gasteiger partial charge in [-0.3, -0.25) is 9.97 Å². The summed E-state index contributed by atoms with van der Waals surface area (Å²) in [5.41, 5.74) is 4.29. The summed E-state index contributed by atoms with van der Waals surface area (Å²) in [5.74, 6) is 0. The van der Waals surface area contributed by atoms with Crippen LogP contribution in [0, 0.1) is 0 Å². The van der Waals surface area contributed by atoms with Gasteiger partial charge >= 0.3 is 0 Å². The zero-order valence-corrected chi connectivity index (χ0v) is 14.9. The minimum atomic E-state index is 0.947. The van der Waals surface area contributed by atoms with Gasteiger partial charge in [-0.25, -0.2) is 0 Å². The van der Waals surface area contributed by atoms with Crippen molar-refractivity contribution in [3.8, 4) is 11.1 Å². The third-order valence-corrected chi connectivity index (χ3v) is 5.31. The molecule has 5 aromatic rings. The van der Waals surface area contributed by atoms with Crippen LogP contribution >= 0.6 is 15.9 Å². The average molecular weight is 385 g/mol. The molecular weight excluding hydrogens is 372 g/mol. The van der Waals surface area contributed by atoms with E-state index in [1.807, 2.05) is 24.5 Å². The van der Waals surface area contributed by atoms with Gasteiger partial charge in [0, 0.05) is 27.6 Å². The van der Waals surface area contributed by atoms with Crippen LogP contribution in [0.4, 0.5) is 0 Å². The fourth-order valence-electron chi connectivity index (χ4n) is 3.50. The summed E-state index contributed by atoms with van der Waals surface area (Å²) in [6.07, 6.45) is 3.66. The molecule has 0 spiro atoms. The minimum absolute atomic E-state index is 0.947. The second-order valence-corrected chi connectivity index (χ2v) is 6.89. The highest BCUT2D eigenvalue weighted by atomic mass is 79.9. The normalized spacial score (nSPS) is 11.4. The van der Waals surface area contributed by atoms with E-state index in [-0.39, 0.29) is 0 Å². The number of rotatable bonds is 1. The molecule has 2 nitrogen and oxygen atoms in total. The van der Waals surface area contributed by atoms with E-state index in [0.717, 1.165) is 26.3 Å². The molecule has 0 aliphatic carbocycles. The van der Waals surface area contributed by atoms with Crippen molar-refractivity contribution in [2.75, 3.05) is 0 Å². The summed E-state index contributed by atoms with van der Waals surface area (Å²) < 4.78 is 1.11. The summed E-state index contributed by atoms with van der Waals surface area (Å²) >= 11 is 3.67. The summed E-state index contributed by atoms with van der Waals surface area (Å²) in [7, 11) is 0. The van der Waals surface area contributed by atoms with Crippen LogP contribution in [0.1, 0.15) is 0 Å². The second-order valence-electron chi connectivity index (χ2n) is 6.04. The first-order valence-corrected chi connectivity index (χ1v) is 8.92. The number of aromatic nitrogens is 2. The highest BCUT2D eigenvalue weighted by Gasteiger charge is 2.13. The van der Waals surface area contributed by atoms with Crippen molar-refractivity contribution in [1.82, 2.24) is 9.97 Å². The zero-order chi connectivity index (χ0) is 16.8. The highest BCUT2D eigenvalue weighted by molar-refractivity contribution is 9.10. The number of nitrogens with zero attached hydrogens (tertiary/aromatic N) is 2. The van der Waals surface area contributed by atoms with E-state index in [2.05, 4.69) is 80.5 Å². The van der Waals surface area contributed by atoms with Crippen LogP contribution in [0.15, 0.2) is 83.6 Å². The van der Waals surface area contributed by atoms with E-state index in [1.165, 1.54) is 21.9 Å². The van der Waals surface area contributed by atoms with Crippen molar-refractivity contribution in [2.45, 2.75) is 0 Å². The molecule has 2 heterocycles. The van der Waals surface area contributed by atoms with Crippen LogP contribution in [0.3, 0.4) is 0 Å². The molecule has 0 saturated carbocycles. The van der Waals surface area contributed by atoms with Gasteiger partial charge in [0.05, 0.1) is 11.0 Å². The molecule has 0 unspecified atom stereocenters. The Morgan fingerprint density at radius 3 is 2.20 bits per heavy atom. The first-order valence-electron chi connectivity index (χ1n) is 8.13. The maximum atomic E-state index is 4.62. The fraction of sp³-hybridized carbons (Fsp3) is 0. The molecule has 5 rings (SSSR count). The predicted octanol–water partition coefficient (Wildman–Crippen LogP) is 6.37. The topological polar surface area (TPSA) is 25.8 Å². The van der Waals surface area contributed by atoms with Crippen molar-refractivity contribution >= 4 is 48.5 Å². The predicted molar refractivity (Wildman–Crippen MR) is 108 cm³/mol. The number of hydrogen-bond donors (Lipinski definition) is 0. The SMILES string of the molecule is Brc1ccc(-c2cc3cccnc3c3ncccc23)c2ccccc12. The van der Waals surface area contributed by atoms with Crippen LogP contribution in [0.5, 0.6) is 0 Å². The lowest BCUT2D eigenvalue weighted by molar-refractivity contribution is 1.37. The van der Waals surface area contributed by atoms with E-state index < -0.39 is 0 Å². The number of pyridine rings is 2. The standard InChI is InChI=1S/C22H13BrN2/c23-20-10-9-16(15-6-1-2-7-17(15)20)19-13-14-5-3-11-24-21(14)22-18(19)8-4-12-25-22/h1-13H. The molecule has 0 aliphatic heterocycles. The van der Waals surface area contributed by atoms with Crippen LogP contribution in [-0.2, 0) is 0 Å². The first kappa shape index (κ1) is 14.6. The maximum absolute atomic E-state index is 4.62. The van der Waals surface area contributed by atoms with Crippen LogP contribution < -0.4 is 0 Å². The molecule has 0 atom stereocenters. The summed E-state index contributed by atoms with van der Waals surface area (Å²) in [4.78, 5) is 9.17. The average Bonchev–Trinajstić information content (AvgIpc) is 2.68. The van der Waals surface area contributed by atoms with E-state index >= 15 is 0 Å².